The summed E-state index contributed by atoms with van der Waals surface area (Å²) in [6.45, 7) is 1.08. The van der Waals surface area contributed by atoms with Gasteiger partial charge in [0.2, 0.25) is 5.95 Å². The first kappa shape index (κ1) is 19.9. The van der Waals surface area contributed by atoms with Gasteiger partial charge in [-0.3, -0.25) is 0 Å². The maximum Gasteiger partial charge on any atom is 0.252 e. The van der Waals surface area contributed by atoms with E-state index in [9.17, 15) is 17.2 Å². The van der Waals surface area contributed by atoms with E-state index in [-0.39, 0.29) is 15.8 Å². The van der Waals surface area contributed by atoms with Gasteiger partial charge in [0.25, 0.3) is 10.0 Å². The molecule has 1 aliphatic heterocycles. The highest BCUT2D eigenvalue weighted by molar-refractivity contribution is 7.91. The highest BCUT2D eigenvalue weighted by Crippen LogP contribution is 2.32. The van der Waals surface area contributed by atoms with Crippen LogP contribution in [0.2, 0.25) is 0 Å². The minimum Gasteiger partial charge on any atom is -0.322 e. The van der Waals surface area contributed by atoms with E-state index in [0.29, 0.717) is 23.7 Å². The summed E-state index contributed by atoms with van der Waals surface area (Å²) in [7, 11) is -3.52. The Morgan fingerprint density at radius 3 is 2.62 bits per heavy atom. The van der Waals surface area contributed by atoms with Crippen LogP contribution in [0, 0.1) is 11.6 Å². The molecule has 0 aliphatic carbocycles. The van der Waals surface area contributed by atoms with Gasteiger partial charge in [-0.05, 0) is 43.2 Å². The van der Waals surface area contributed by atoms with Crippen molar-refractivity contribution >= 4 is 33.0 Å². The van der Waals surface area contributed by atoms with E-state index in [1.165, 1.54) is 22.6 Å². The van der Waals surface area contributed by atoms with Crippen molar-refractivity contribution in [1.82, 2.24) is 14.3 Å². The molecule has 0 saturated carbocycles. The van der Waals surface area contributed by atoms with E-state index in [4.69, 9.17) is 0 Å². The number of benzene rings is 1. The zero-order chi connectivity index (χ0) is 20.4. The van der Waals surface area contributed by atoms with Crippen LogP contribution in [0.4, 0.5) is 20.4 Å². The Morgan fingerprint density at radius 1 is 1.03 bits per heavy atom. The SMILES string of the molecule is O=S(=O)(c1ccc(-c2ccnc(Nc3cccc(F)c3F)n2)s1)N1CCCCC1. The van der Waals surface area contributed by atoms with E-state index in [1.807, 2.05) is 0 Å². The Kier molecular flexibility index (Phi) is 5.57. The second-order valence-corrected chi connectivity index (χ2v) is 9.82. The molecule has 0 spiro atoms. The van der Waals surface area contributed by atoms with Gasteiger partial charge in [0.15, 0.2) is 11.6 Å². The molecule has 3 heterocycles. The normalized spacial score (nSPS) is 15.4. The van der Waals surface area contributed by atoms with Crippen molar-refractivity contribution in [2.75, 3.05) is 18.4 Å². The average Bonchev–Trinajstić information content (AvgIpc) is 3.24. The Balaban J connectivity index is 1.58. The quantitative estimate of drug-likeness (QED) is 0.642. The number of rotatable bonds is 5. The molecule has 10 heteroatoms. The maximum absolute atomic E-state index is 13.9. The van der Waals surface area contributed by atoms with Crippen LogP contribution in [0.25, 0.3) is 10.6 Å². The van der Waals surface area contributed by atoms with Crippen LogP contribution in [0.3, 0.4) is 0 Å². The maximum atomic E-state index is 13.9. The molecule has 6 nitrogen and oxygen atoms in total. The molecular formula is C19H18F2N4O2S2. The van der Waals surface area contributed by atoms with Gasteiger partial charge in [0.05, 0.1) is 16.3 Å². The number of hydrogen-bond acceptors (Lipinski definition) is 6. The molecular weight excluding hydrogens is 418 g/mol. The molecule has 0 atom stereocenters. The van der Waals surface area contributed by atoms with Crippen LogP contribution < -0.4 is 5.32 Å². The van der Waals surface area contributed by atoms with Crippen molar-refractivity contribution in [3.8, 4) is 10.6 Å². The molecule has 152 valence electrons. The molecule has 1 aromatic carbocycles. The fourth-order valence-corrected chi connectivity index (χ4v) is 6.05. The summed E-state index contributed by atoms with van der Waals surface area (Å²) in [5, 5.41) is 2.65. The second kappa shape index (κ2) is 8.13. The first-order valence-corrected chi connectivity index (χ1v) is 11.4. The van der Waals surface area contributed by atoms with Crippen LogP contribution in [0.1, 0.15) is 19.3 Å². The molecule has 0 unspecified atom stereocenters. The molecule has 0 amide bonds. The molecule has 1 saturated heterocycles. The predicted octanol–water partition coefficient (Wildman–Crippen LogP) is 4.40. The third kappa shape index (κ3) is 4.14. The van der Waals surface area contributed by atoms with Gasteiger partial charge < -0.3 is 5.32 Å². The van der Waals surface area contributed by atoms with E-state index in [2.05, 4.69) is 15.3 Å². The fourth-order valence-electron chi connectivity index (χ4n) is 3.11. The van der Waals surface area contributed by atoms with Crippen LogP contribution in [0.15, 0.2) is 46.8 Å². The lowest BCUT2D eigenvalue weighted by atomic mass is 10.2. The summed E-state index contributed by atoms with van der Waals surface area (Å²) >= 11 is 1.13. The Labute approximate surface area is 171 Å². The topological polar surface area (TPSA) is 75.2 Å². The Hall–Kier alpha value is -2.43. The minimum atomic E-state index is -3.52. The average molecular weight is 437 g/mol. The zero-order valence-corrected chi connectivity index (χ0v) is 16.9. The molecule has 0 radical (unpaired) electrons. The monoisotopic (exact) mass is 436 g/mol. The zero-order valence-electron chi connectivity index (χ0n) is 15.3. The number of nitrogens with zero attached hydrogens (tertiary/aromatic N) is 3. The van der Waals surface area contributed by atoms with Gasteiger partial charge in [-0.15, -0.1) is 11.3 Å². The number of hydrogen-bond donors (Lipinski definition) is 1. The molecule has 29 heavy (non-hydrogen) atoms. The lowest BCUT2D eigenvalue weighted by molar-refractivity contribution is 0.347. The molecule has 2 aromatic heterocycles. The van der Waals surface area contributed by atoms with Gasteiger partial charge in [-0.25, -0.2) is 27.2 Å². The third-order valence-corrected chi connectivity index (χ3v) is 8.07. The van der Waals surface area contributed by atoms with E-state index in [0.717, 1.165) is 36.7 Å². The number of thiophene rings is 1. The molecule has 4 rings (SSSR count). The molecule has 1 fully saturated rings. The molecule has 0 bridgehead atoms. The van der Waals surface area contributed by atoms with Crippen molar-refractivity contribution in [2.45, 2.75) is 23.5 Å². The van der Waals surface area contributed by atoms with E-state index >= 15 is 0 Å². The largest absolute Gasteiger partial charge is 0.322 e. The van der Waals surface area contributed by atoms with Crippen molar-refractivity contribution in [3.63, 3.8) is 0 Å². The predicted molar refractivity (Wildman–Crippen MR) is 108 cm³/mol. The lowest BCUT2D eigenvalue weighted by Gasteiger charge is -2.25. The van der Waals surface area contributed by atoms with Gasteiger partial charge in [0.1, 0.15) is 4.21 Å². The summed E-state index contributed by atoms with van der Waals surface area (Å²) in [6.07, 6.45) is 4.26. The number of nitrogens with one attached hydrogen (secondary N) is 1. The Morgan fingerprint density at radius 2 is 1.83 bits per heavy atom. The van der Waals surface area contributed by atoms with E-state index in [1.54, 1.807) is 18.2 Å². The summed E-state index contributed by atoms with van der Waals surface area (Å²) in [5.74, 6) is -1.91. The van der Waals surface area contributed by atoms with Crippen LogP contribution in [0.5, 0.6) is 0 Å². The van der Waals surface area contributed by atoms with Crippen molar-refractivity contribution in [1.29, 1.82) is 0 Å². The van der Waals surface area contributed by atoms with Gasteiger partial charge in [-0.1, -0.05) is 12.5 Å². The first-order chi connectivity index (χ1) is 13.9. The summed E-state index contributed by atoms with van der Waals surface area (Å²) in [5.41, 5.74) is 0.408. The molecule has 1 aliphatic rings. The summed E-state index contributed by atoms with van der Waals surface area (Å²) in [4.78, 5) is 8.98. The smallest absolute Gasteiger partial charge is 0.252 e. The van der Waals surface area contributed by atoms with E-state index < -0.39 is 21.7 Å². The van der Waals surface area contributed by atoms with Crippen molar-refractivity contribution < 1.29 is 17.2 Å². The van der Waals surface area contributed by atoms with Crippen LogP contribution >= 0.6 is 11.3 Å². The number of piperidine rings is 1. The summed E-state index contributed by atoms with van der Waals surface area (Å²) in [6, 6.07) is 8.68. The fraction of sp³-hybridized carbons (Fsp3) is 0.263. The van der Waals surface area contributed by atoms with Crippen LogP contribution in [-0.4, -0.2) is 35.8 Å². The highest BCUT2D eigenvalue weighted by Gasteiger charge is 2.27. The van der Waals surface area contributed by atoms with Gasteiger partial charge in [-0.2, -0.15) is 4.31 Å². The number of halogens is 2. The number of anilines is 2. The lowest BCUT2D eigenvalue weighted by Crippen LogP contribution is -2.35. The first-order valence-electron chi connectivity index (χ1n) is 9.09. The van der Waals surface area contributed by atoms with Gasteiger partial charge in [0, 0.05) is 19.3 Å². The standard InChI is InChI=1S/C19H18F2N4O2S2/c20-13-5-4-6-15(18(13)21)24-19-22-10-9-14(23-19)16-7-8-17(28-16)29(26,27)25-11-2-1-3-12-25/h4-10H,1-3,11-12H2,(H,22,23,24). The van der Waals surface area contributed by atoms with Crippen molar-refractivity contribution in [3.05, 3.63) is 54.2 Å². The van der Waals surface area contributed by atoms with Gasteiger partial charge >= 0.3 is 0 Å². The molecule has 1 N–H and O–H groups in total. The minimum absolute atomic E-state index is 0.0818. The second-order valence-electron chi connectivity index (χ2n) is 6.58. The highest BCUT2D eigenvalue weighted by atomic mass is 32.2. The summed E-state index contributed by atoms with van der Waals surface area (Å²) < 4.78 is 54.7. The van der Waals surface area contributed by atoms with Crippen molar-refractivity contribution in [2.24, 2.45) is 0 Å². The molecule has 3 aromatic rings. The Bertz CT molecular complexity index is 1130. The third-order valence-electron chi connectivity index (χ3n) is 4.60. The van der Waals surface area contributed by atoms with Crippen LogP contribution in [-0.2, 0) is 10.0 Å². The number of sulfonamides is 1. The number of aromatic nitrogens is 2.